The Morgan fingerprint density at radius 2 is 2.13 bits per heavy atom. The quantitative estimate of drug-likeness (QED) is 0.867. The number of ether oxygens (including phenoxy) is 3. The van der Waals surface area contributed by atoms with E-state index in [9.17, 15) is 9.59 Å². The van der Waals surface area contributed by atoms with Crippen molar-refractivity contribution >= 4 is 17.7 Å². The summed E-state index contributed by atoms with van der Waals surface area (Å²) in [6.07, 6.45) is 0.379. The predicted octanol–water partition coefficient (Wildman–Crippen LogP) is 2.84. The first-order valence-corrected chi connectivity index (χ1v) is 7.71. The van der Waals surface area contributed by atoms with Crippen molar-refractivity contribution in [3.05, 3.63) is 29.8 Å². The highest BCUT2D eigenvalue weighted by Gasteiger charge is 2.61. The van der Waals surface area contributed by atoms with Crippen LogP contribution >= 0.6 is 0 Å². The van der Waals surface area contributed by atoms with Crippen LogP contribution in [0.25, 0.3) is 0 Å². The van der Waals surface area contributed by atoms with Crippen LogP contribution in [0, 0.1) is 11.3 Å². The van der Waals surface area contributed by atoms with Gasteiger partial charge in [0.2, 0.25) is 0 Å². The number of esters is 1. The third kappa shape index (κ3) is 2.79. The number of methoxy groups -OCH3 is 1. The minimum absolute atomic E-state index is 0.139. The number of nitrogens with one attached hydrogen (secondary N) is 1. The Balaban J connectivity index is 1.69. The molecule has 1 heterocycles. The monoisotopic (exact) mass is 319 g/mol. The molecule has 1 saturated carbocycles. The molecule has 2 aliphatic rings. The highest BCUT2D eigenvalue weighted by atomic mass is 16.6. The van der Waals surface area contributed by atoms with Crippen molar-refractivity contribution in [1.29, 1.82) is 0 Å². The van der Waals surface area contributed by atoms with Crippen LogP contribution in [0.1, 0.15) is 30.6 Å². The normalized spacial score (nSPS) is 27.5. The minimum Gasteiger partial charge on any atom is -0.458 e. The zero-order valence-corrected chi connectivity index (χ0v) is 13.5. The summed E-state index contributed by atoms with van der Waals surface area (Å²) in [5.41, 5.74) is 0.719. The number of benzene rings is 1. The molecule has 0 bridgehead atoms. The number of amides is 1. The molecule has 1 aliphatic heterocycles. The summed E-state index contributed by atoms with van der Waals surface area (Å²) in [6.45, 7) is 4.85. The Bertz CT molecular complexity index is 627. The van der Waals surface area contributed by atoms with Crippen LogP contribution in [-0.2, 0) is 14.2 Å². The standard InChI is InChI=1S/C17H21NO5/c1-17(2)13-12(7-8-22-13)14(17)23-15(19)10-5-4-6-11(9-10)18-16(20)21-3/h4-6,9,12-14H,7-8H2,1-3H3,(H,18,20)/t12-,13+,14-/m1/s1. The summed E-state index contributed by atoms with van der Waals surface area (Å²) in [6, 6.07) is 6.61. The fourth-order valence-corrected chi connectivity index (χ4v) is 3.59. The van der Waals surface area contributed by atoms with E-state index in [0.717, 1.165) is 13.0 Å². The van der Waals surface area contributed by atoms with Gasteiger partial charge in [-0.05, 0) is 24.6 Å². The first-order chi connectivity index (χ1) is 10.9. The average Bonchev–Trinajstić information content (AvgIpc) is 2.99. The van der Waals surface area contributed by atoms with Crippen LogP contribution < -0.4 is 5.32 Å². The maximum Gasteiger partial charge on any atom is 0.411 e. The molecule has 0 unspecified atom stereocenters. The van der Waals surface area contributed by atoms with Crippen LogP contribution in [-0.4, -0.2) is 38.0 Å². The highest BCUT2D eigenvalue weighted by molar-refractivity contribution is 5.92. The molecule has 0 spiro atoms. The van der Waals surface area contributed by atoms with Gasteiger partial charge in [0, 0.05) is 23.6 Å². The average molecular weight is 319 g/mol. The molecule has 124 valence electrons. The predicted molar refractivity (Wildman–Crippen MR) is 83.3 cm³/mol. The number of carbonyl (C=O) groups excluding carboxylic acids is 2. The SMILES string of the molecule is COC(=O)Nc1cccc(C(=O)O[C@@H]2[C@@H]3CCO[C@@H]3C2(C)C)c1. The van der Waals surface area contributed by atoms with Gasteiger partial charge in [-0.2, -0.15) is 0 Å². The smallest absolute Gasteiger partial charge is 0.411 e. The fraction of sp³-hybridized carbons (Fsp3) is 0.529. The van der Waals surface area contributed by atoms with E-state index in [1.165, 1.54) is 7.11 Å². The van der Waals surface area contributed by atoms with Crippen LogP contribution in [0.15, 0.2) is 24.3 Å². The fourth-order valence-electron chi connectivity index (χ4n) is 3.59. The molecule has 1 amide bonds. The van der Waals surface area contributed by atoms with E-state index >= 15 is 0 Å². The van der Waals surface area contributed by atoms with Gasteiger partial charge in [0.05, 0.1) is 18.8 Å². The van der Waals surface area contributed by atoms with E-state index in [-0.39, 0.29) is 29.5 Å². The number of anilines is 1. The molecule has 3 atom stereocenters. The number of fused-ring (bicyclic) bond motifs is 1. The molecule has 2 fully saturated rings. The van der Waals surface area contributed by atoms with Crippen molar-refractivity contribution in [2.45, 2.75) is 32.5 Å². The second-order valence-electron chi connectivity index (χ2n) is 6.59. The van der Waals surface area contributed by atoms with E-state index in [2.05, 4.69) is 23.9 Å². The van der Waals surface area contributed by atoms with Gasteiger partial charge in [-0.25, -0.2) is 9.59 Å². The van der Waals surface area contributed by atoms with Crippen LogP contribution in [0.4, 0.5) is 10.5 Å². The van der Waals surface area contributed by atoms with Gasteiger partial charge in [0.25, 0.3) is 0 Å². The van der Waals surface area contributed by atoms with Gasteiger partial charge in [-0.15, -0.1) is 0 Å². The Morgan fingerprint density at radius 3 is 2.87 bits per heavy atom. The maximum absolute atomic E-state index is 12.4. The molecular weight excluding hydrogens is 298 g/mol. The second kappa shape index (κ2) is 5.85. The second-order valence-corrected chi connectivity index (χ2v) is 6.59. The highest BCUT2D eigenvalue weighted by Crippen LogP contribution is 2.53. The summed E-state index contributed by atoms with van der Waals surface area (Å²) in [5.74, 6) is -0.104. The molecule has 1 aliphatic carbocycles. The number of hydrogen-bond donors (Lipinski definition) is 1. The van der Waals surface area contributed by atoms with Crippen molar-refractivity contribution in [3.63, 3.8) is 0 Å². The third-order valence-corrected chi connectivity index (χ3v) is 4.76. The first kappa shape index (κ1) is 15.8. The van der Waals surface area contributed by atoms with Crippen molar-refractivity contribution < 1.29 is 23.8 Å². The molecule has 1 aromatic carbocycles. The number of rotatable bonds is 3. The van der Waals surface area contributed by atoms with Gasteiger partial charge >= 0.3 is 12.1 Å². The van der Waals surface area contributed by atoms with Gasteiger partial charge in [-0.1, -0.05) is 19.9 Å². The van der Waals surface area contributed by atoms with Crippen molar-refractivity contribution in [2.24, 2.45) is 11.3 Å². The van der Waals surface area contributed by atoms with E-state index in [1.807, 2.05) is 0 Å². The first-order valence-electron chi connectivity index (χ1n) is 7.71. The molecule has 1 saturated heterocycles. The van der Waals surface area contributed by atoms with Crippen molar-refractivity contribution in [1.82, 2.24) is 0 Å². The Hall–Kier alpha value is -2.08. The van der Waals surface area contributed by atoms with Crippen LogP contribution in [0.3, 0.4) is 0 Å². The Labute approximate surface area is 135 Å². The van der Waals surface area contributed by atoms with Gasteiger partial charge in [-0.3, -0.25) is 5.32 Å². The lowest BCUT2D eigenvalue weighted by atomic mass is 9.59. The van der Waals surface area contributed by atoms with E-state index < -0.39 is 6.09 Å². The minimum atomic E-state index is -0.582. The summed E-state index contributed by atoms with van der Waals surface area (Å²) in [4.78, 5) is 23.7. The van der Waals surface area contributed by atoms with Gasteiger partial charge in [0.1, 0.15) is 6.10 Å². The lowest BCUT2D eigenvalue weighted by Crippen LogP contribution is -2.61. The molecule has 1 aromatic rings. The lowest BCUT2D eigenvalue weighted by Gasteiger charge is -2.53. The molecule has 1 N–H and O–H groups in total. The Kier molecular flexibility index (Phi) is 4.02. The van der Waals surface area contributed by atoms with Crippen molar-refractivity contribution in [3.8, 4) is 0 Å². The number of hydrogen-bond acceptors (Lipinski definition) is 5. The van der Waals surface area contributed by atoms with Crippen molar-refractivity contribution in [2.75, 3.05) is 19.0 Å². The zero-order valence-electron chi connectivity index (χ0n) is 13.5. The largest absolute Gasteiger partial charge is 0.458 e. The van der Waals surface area contributed by atoms with Crippen LogP contribution in [0.5, 0.6) is 0 Å². The molecule has 6 nitrogen and oxygen atoms in total. The molecule has 3 rings (SSSR count). The zero-order chi connectivity index (χ0) is 16.6. The summed E-state index contributed by atoms with van der Waals surface area (Å²) in [5, 5.41) is 2.53. The lowest BCUT2D eigenvalue weighted by molar-refractivity contribution is -0.183. The van der Waals surface area contributed by atoms with E-state index in [0.29, 0.717) is 11.3 Å². The summed E-state index contributed by atoms with van der Waals surface area (Å²) >= 11 is 0. The van der Waals surface area contributed by atoms with E-state index in [1.54, 1.807) is 24.3 Å². The third-order valence-electron chi connectivity index (χ3n) is 4.76. The summed E-state index contributed by atoms with van der Waals surface area (Å²) < 4.78 is 16.0. The van der Waals surface area contributed by atoms with E-state index in [4.69, 9.17) is 9.47 Å². The molecular formula is C17H21NO5. The topological polar surface area (TPSA) is 73.9 Å². The molecule has 0 radical (unpaired) electrons. The van der Waals surface area contributed by atoms with Gasteiger partial charge in [0.15, 0.2) is 0 Å². The molecule has 23 heavy (non-hydrogen) atoms. The summed E-state index contributed by atoms with van der Waals surface area (Å²) in [7, 11) is 1.28. The van der Waals surface area contributed by atoms with Gasteiger partial charge < -0.3 is 14.2 Å². The maximum atomic E-state index is 12.4. The molecule has 0 aromatic heterocycles. The van der Waals surface area contributed by atoms with Crippen LogP contribution in [0.2, 0.25) is 0 Å². The molecule has 6 heteroatoms. The number of carbonyl (C=O) groups is 2. The Morgan fingerprint density at radius 1 is 1.35 bits per heavy atom.